The molecule has 1 heterocycles. The van der Waals surface area contributed by atoms with Crippen LogP contribution in [0.4, 0.5) is 0 Å². The van der Waals surface area contributed by atoms with Gasteiger partial charge in [-0.25, -0.2) is 0 Å². The van der Waals surface area contributed by atoms with E-state index in [0.717, 1.165) is 5.92 Å². The van der Waals surface area contributed by atoms with Crippen molar-refractivity contribution in [2.45, 2.75) is 46.6 Å². The first-order chi connectivity index (χ1) is 7.42. The smallest absolute Gasteiger partial charge is 0.0414 e. The third-order valence-corrected chi connectivity index (χ3v) is 3.82. The van der Waals surface area contributed by atoms with Crippen molar-refractivity contribution in [3.8, 4) is 0 Å². The van der Waals surface area contributed by atoms with E-state index in [1.54, 1.807) is 0 Å². The summed E-state index contributed by atoms with van der Waals surface area (Å²) in [6.45, 7) is 9.33. The van der Waals surface area contributed by atoms with Crippen molar-refractivity contribution in [3.05, 3.63) is 22.4 Å². The molecule has 0 spiro atoms. The maximum atomic E-state index is 3.43. The average Bonchev–Trinajstić information content (AvgIpc) is 2.63. The summed E-state index contributed by atoms with van der Waals surface area (Å²) in [5.41, 5.74) is 0.438. The summed E-state index contributed by atoms with van der Waals surface area (Å²) in [5.74, 6) is 0.763. The van der Waals surface area contributed by atoms with E-state index in [1.807, 2.05) is 11.3 Å². The molecule has 0 aromatic carbocycles. The summed E-state index contributed by atoms with van der Waals surface area (Å²) in [6, 6.07) is 4.89. The third kappa shape index (κ3) is 4.67. The first-order valence-electron chi connectivity index (χ1n) is 6.13. The van der Waals surface area contributed by atoms with Crippen molar-refractivity contribution in [1.29, 1.82) is 0 Å². The SMILES string of the molecule is CNC(CC(C)CC(C)(C)C)c1cccs1. The van der Waals surface area contributed by atoms with Crippen LogP contribution in [-0.2, 0) is 0 Å². The molecule has 1 rings (SSSR count). The summed E-state index contributed by atoms with van der Waals surface area (Å²) < 4.78 is 0. The quantitative estimate of drug-likeness (QED) is 0.799. The fraction of sp³-hybridized carbons (Fsp3) is 0.714. The van der Waals surface area contributed by atoms with Crippen molar-refractivity contribution in [1.82, 2.24) is 5.32 Å². The standard InChI is InChI=1S/C14H25NS/c1-11(10-14(2,3)4)9-12(15-5)13-7-6-8-16-13/h6-8,11-12,15H,9-10H2,1-5H3. The number of rotatable bonds is 5. The second-order valence-electron chi connectivity index (χ2n) is 5.96. The van der Waals surface area contributed by atoms with E-state index < -0.39 is 0 Å². The Morgan fingerprint density at radius 1 is 1.38 bits per heavy atom. The van der Waals surface area contributed by atoms with Crippen molar-refractivity contribution in [2.24, 2.45) is 11.3 Å². The van der Waals surface area contributed by atoms with Crippen LogP contribution < -0.4 is 5.32 Å². The van der Waals surface area contributed by atoms with Gasteiger partial charge in [-0.3, -0.25) is 0 Å². The molecule has 16 heavy (non-hydrogen) atoms. The maximum absolute atomic E-state index is 3.43. The van der Waals surface area contributed by atoms with Crippen LogP contribution in [0.1, 0.15) is 51.5 Å². The molecule has 1 aromatic heterocycles. The van der Waals surface area contributed by atoms with Crippen LogP contribution in [0.3, 0.4) is 0 Å². The van der Waals surface area contributed by atoms with E-state index in [9.17, 15) is 0 Å². The van der Waals surface area contributed by atoms with Gasteiger partial charge in [0, 0.05) is 10.9 Å². The Balaban J connectivity index is 2.51. The molecule has 92 valence electrons. The summed E-state index contributed by atoms with van der Waals surface area (Å²) in [6.07, 6.45) is 2.52. The predicted octanol–water partition coefficient (Wildman–Crippen LogP) is 4.47. The fourth-order valence-corrected chi connectivity index (χ4v) is 3.25. The first-order valence-corrected chi connectivity index (χ1v) is 7.01. The van der Waals surface area contributed by atoms with E-state index in [1.165, 1.54) is 17.7 Å². The summed E-state index contributed by atoms with van der Waals surface area (Å²) >= 11 is 1.85. The van der Waals surface area contributed by atoms with Crippen LogP contribution in [0.15, 0.2) is 17.5 Å². The second kappa shape index (κ2) is 5.83. The van der Waals surface area contributed by atoms with Crippen molar-refractivity contribution in [3.63, 3.8) is 0 Å². The highest BCUT2D eigenvalue weighted by Gasteiger charge is 2.19. The summed E-state index contributed by atoms with van der Waals surface area (Å²) in [5, 5.41) is 5.59. The minimum Gasteiger partial charge on any atom is -0.312 e. The predicted molar refractivity (Wildman–Crippen MR) is 74.0 cm³/mol. The zero-order valence-electron chi connectivity index (χ0n) is 11.2. The summed E-state index contributed by atoms with van der Waals surface area (Å²) in [4.78, 5) is 1.46. The maximum Gasteiger partial charge on any atom is 0.0414 e. The van der Waals surface area contributed by atoms with Crippen molar-refractivity contribution in [2.75, 3.05) is 7.05 Å². The van der Waals surface area contributed by atoms with Crippen LogP contribution in [0.2, 0.25) is 0 Å². The molecular formula is C14H25NS. The summed E-state index contributed by atoms with van der Waals surface area (Å²) in [7, 11) is 2.06. The molecule has 2 unspecified atom stereocenters. The van der Waals surface area contributed by atoms with Gasteiger partial charge < -0.3 is 5.32 Å². The van der Waals surface area contributed by atoms with E-state index >= 15 is 0 Å². The van der Waals surface area contributed by atoms with Gasteiger partial charge in [-0.05, 0) is 42.7 Å². The van der Waals surface area contributed by atoms with E-state index in [4.69, 9.17) is 0 Å². The normalized spacial score (nSPS) is 16.1. The highest BCUT2D eigenvalue weighted by molar-refractivity contribution is 7.10. The molecule has 1 nitrogen and oxygen atoms in total. The molecule has 1 aromatic rings. The van der Waals surface area contributed by atoms with Crippen LogP contribution in [0.5, 0.6) is 0 Å². The first kappa shape index (κ1) is 13.7. The lowest BCUT2D eigenvalue weighted by Crippen LogP contribution is -2.20. The molecular weight excluding hydrogens is 214 g/mol. The molecule has 2 heteroatoms. The molecule has 0 aliphatic rings. The minimum absolute atomic E-state index is 0.438. The van der Waals surface area contributed by atoms with Gasteiger partial charge in [0.2, 0.25) is 0 Å². The Bertz CT molecular complexity index is 284. The zero-order chi connectivity index (χ0) is 12.2. The van der Waals surface area contributed by atoms with Gasteiger partial charge in [-0.2, -0.15) is 0 Å². The van der Waals surface area contributed by atoms with Crippen LogP contribution in [0.25, 0.3) is 0 Å². The molecule has 0 bridgehead atoms. The van der Waals surface area contributed by atoms with Crippen LogP contribution in [-0.4, -0.2) is 7.05 Å². The third-order valence-electron chi connectivity index (χ3n) is 2.83. The lowest BCUT2D eigenvalue weighted by molar-refractivity contribution is 0.280. The van der Waals surface area contributed by atoms with E-state index in [0.29, 0.717) is 11.5 Å². The van der Waals surface area contributed by atoms with Crippen LogP contribution in [0, 0.1) is 11.3 Å². The van der Waals surface area contributed by atoms with Gasteiger partial charge in [0.25, 0.3) is 0 Å². The fourth-order valence-electron chi connectivity index (χ4n) is 2.40. The largest absolute Gasteiger partial charge is 0.312 e. The molecule has 0 amide bonds. The highest BCUT2D eigenvalue weighted by atomic mass is 32.1. The highest BCUT2D eigenvalue weighted by Crippen LogP contribution is 2.31. The van der Waals surface area contributed by atoms with Gasteiger partial charge in [0.15, 0.2) is 0 Å². The molecule has 0 radical (unpaired) electrons. The molecule has 0 fully saturated rings. The monoisotopic (exact) mass is 239 g/mol. The molecule has 0 aliphatic heterocycles. The van der Waals surface area contributed by atoms with Gasteiger partial charge in [0.1, 0.15) is 0 Å². The Labute approximate surface area is 104 Å². The van der Waals surface area contributed by atoms with Gasteiger partial charge in [-0.15, -0.1) is 11.3 Å². The van der Waals surface area contributed by atoms with E-state index in [2.05, 4.69) is 57.6 Å². The topological polar surface area (TPSA) is 12.0 Å². The number of hydrogen-bond acceptors (Lipinski definition) is 2. The Kier molecular flexibility index (Phi) is 5.00. The number of nitrogens with one attached hydrogen (secondary N) is 1. The van der Waals surface area contributed by atoms with Gasteiger partial charge in [-0.1, -0.05) is 33.8 Å². The lowest BCUT2D eigenvalue weighted by Gasteiger charge is -2.26. The van der Waals surface area contributed by atoms with Gasteiger partial charge in [0.05, 0.1) is 0 Å². The van der Waals surface area contributed by atoms with Gasteiger partial charge >= 0.3 is 0 Å². The Hall–Kier alpha value is -0.340. The van der Waals surface area contributed by atoms with Crippen molar-refractivity contribution >= 4 is 11.3 Å². The van der Waals surface area contributed by atoms with Crippen LogP contribution >= 0.6 is 11.3 Å². The lowest BCUT2D eigenvalue weighted by atomic mass is 9.83. The number of thiophene rings is 1. The minimum atomic E-state index is 0.438. The zero-order valence-corrected chi connectivity index (χ0v) is 12.0. The van der Waals surface area contributed by atoms with E-state index in [-0.39, 0.29) is 0 Å². The van der Waals surface area contributed by atoms with Crippen molar-refractivity contribution < 1.29 is 0 Å². The Morgan fingerprint density at radius 2 is 2.06 bits per heavy atom. The molecule has 1 N–H and O–H groups in total. The molecule has 2 atom stereocenters. The number of hydrogen-bond donors (Lipinski definition) is 1. The molecule has 0 saturated carbocycles. The molecule has 0 aliphatic carbocycles. The Morgan fingerprint density at radius 3 is 2.50 bits per heavy atom. The average molecular weight is 239 g/mol. The second-order valence-corrected chi connectivity index (χ2v) is 6.94. The molecule has 0 saturated heterocycles.